The second kappa shape index (κ2) is 22.0. The molecule has 4 rings (SSSR count). The number of nitrogens with two attached hydrogens (primary N) is 1. The highest BCUT2D eigenvalue weighted by atomic mass is 32.2. The average Bonchev–Trinajstić information content (AvgIpc) is 3.24. The molecule has 0 radical (unpaired) electrons. The van der Waals surface area contributed by atoms with Gasteiger partial charge in [0, 0.05) is 0 Å². The summed E-state index contributed by atoms with van der Waals surface area (Å²) in [6, 6.07) is 24.2. The van der Waals surface area contributed by atoms with Crippen LogP contribution in [0, 0.1) is 23.7 Å². The Balaban J connectivity index is 1.47. The summed E-state index contributed by atoms with van der Waals surface area (Å²) < 4.78 is 65.6. The largest absolute Gasteiger partial charge is 0.346 e. The van der Waals surface area contributed by atoms with Gasteiger partial charge in [-0.15, -0.1) is 0 Å². The second-order valence-corrected chi connectivity index (χ2v) is 28.0. The number of nitrogens with one attached hydrogen (secondary N) is 5. The minimum atomic E-state index is -3.80. The van der Waals surface area contributed by atoms with Crippen LogP contribution in [0.3, 0.4) is 0 Å². The Kier molecular flexibility index (Phi) is 18.0. The van der Waals surface area contributed by atoms with Crippen molar-refractivity contribution in [1.82, 2.24) is 26.5 Å². The van der Waals surface area contributed by atoms with Crippen LogP contribution in [-0.4, -0.2) is 86.1 Å². The predicted octanol–water partition coefficient (Wildman–Crippen LogP) is 5.61. The molecule has 7 N–H and O–H groups in total. The Morgan fingerprint density at radius 2 is 1.02 bits per heavy atom. The smallest absolute Gasteiger partial charge is 0.243 e. The maximum atomic E-state index is 14.1. The van der Waals surface area contributed by atoms with E-state index in [4.69, 9.17) is 5.84 Å². The summed E-state index contributed by atoms with van der Waals surface area (Å²) in [6.45, 7) is 16.2. The van der Waals surface area contributed by atoms with E-state index in [1.165, 1.54) is 0 Å². The highest BCUT2D eigenvalue weighted by molar-refractivity contribution is 7.93. The van der Waals surface area contributed by atoms with E-state index in [-0.39, 0.29) is 12.8 Å². The number of amides is 4. The minimum Gasteiger partial charge on any atom is -0.346 e. The monoisotopic (exact) mass is 968 g/mol. The zero-order chi connectivity index (χ0) is 49.4. The predicted molar refractivity (Wildman–Crippen MR) is 264 cm³/mol. The van der Waals surface area contributed by atoms with E-state index in [2.05, 4.69) is 26.5 Å². The summed E-state index contributed by atoms with van der Waals surface area (Å²) in [4.78, 5) is 55.6. The van der Waals surface area contributed by atoms with E-state index in [1.807, 2.05) is 84.9 Å². The molecule has 0 bridgehead atoms. The molecule has 4 aromatic rings. The van der Waals surface area contributed by atoms with Gasteiger partial charge in [-0.25, -0.2) is 22.0 Å². The lowest BCUT2D eigenvalue weighted by Gasteiger charge is -2.28. The van der Waals surface area contributed by atoms with Gasteiger partial charge in [0.25, 0.3) is 0 Å². The fourth-order valence-corrected chi connectivity index (χ4v) is 11.0. The summed E-state index contributed by atoms with van der Waals surface area (Å²) in [7, 11) is -11.4. The van der Waals surface area contributed by atoms with Crippen molar-refractivity contribution in [2.24, 2.45) is 29.5 Å². The highest BCUT2D eigenvalue weighted by Crippen LogP contribution is 2.36. The molecule has 362 valence electrons. The maximum absolute atomic E-state index is 14.1. The first-order valence-electron chi connectivity index (χ1n) is 22.2. The summed E-state index contributed by atoms with van der Waals surface area (Å²) >= 11 is 0. The van der Waals surface area contributed by atoms with Crippen molar-refractivity contribution in [2.75, 3.05) is 24.1 Å². The van der Waals surface area contributed by atoms with Crippen molar-refractivity contribution >= 4 is 72.1 Å². The van der Waals surface area contributed by atoms with Crippen molar-refractivity contribution in [2.45, 2.75) is 104 Å². The van der Waals surface area contributed by atoms with Crippen LogP contribution in [0.15, 0.2) is 84.9 Å². The molecule has 0 aliphatic rings. The Morgan fingerprint density at radius 3 is 1.48 bits per heavy atom. The molecular weight excluding hydrogens is 900 g/mol. The molecule has 1 unspecified atom stereocenters. The van der Waals surface area contributed by atoms with Crippen LogP contribution in [0.2, 0.25) is 0 Å². The zero-order valence-corrected chi connectivity index (χ0v) is 42.3. The van der Waals surface area contributed by atoms with Crippen molar-refractivity contribution in [1.29, 1.82) is 0 Å². The summed E-state index contributed by atoms with van der Waals surface area (Å²) in [5.74, 6) is -1.01. The molecule has 0 aliphatic heterocycles. The van der Waals surface area contributed by atoms with Crippen molar-refractivity contribution < 1.29 is 40.6 Å². The van der Waals surface area contributed by atoms with Crippen LogP contribution in [0.4, 0.5) is 0 Å². The summed E-state index contributed by atoms with van der Waals surface area (Å²) in [5, 5.41) is 16.6. The van der Waals surface area contributed by atoms with Crippen LogP contribution in [0.25, 0.3) is 21.5 Å². The van der Waals surface area contributed by atoms with Crippen LogP contribution in [-0.2, 0) is 56.3 Å². The Bertz CT molecular complexity index is 2650. The first kappa shape index (κ1) is 53.9. The van der Waals surface area contributed by atoms with Gasteiger partial charge in [0.15, 0.2) is 27.0 Å². The molecule has 0 saturated heterocycles. The third-order valence-corrected chi connectivity index (χ3v) is 19.1. The second-order valence-electron chi connectivity index (χ2n) is 19.8. The van der Waals surface area contributed by atoms with Gasteiger partial charge in [-0.2, -0.15) is 0 Å². The number of carbonyl (C=O) groups is 4. The number of benzene rings is 4. The lowest BCUT2D eigenvalue weighted by molar-refractivity contribution is -0.131. The molecular formula is C48H69N6O9PS2. The molecule has 0 spiro atoms. The lowest BCUT2D eigenvalue weighted by atomic mass is 9.94. The van der Waals surface area contributed by atoms with Crippen LogP contribution >= 0.6 is 7.29 Å². The Morgan fingerprint density at radius 1 is 0.576 bits per heavy atom. The third-order valence-electron chi connectivity index (χ3n) is 11.8. The molecule has 0 heterocycles. The number of hydrogen-bond acceptors (Lipinski definition) is 10. The molecule has 66 heavy (non-hydrogen) atoms. The molecule has 0 fully saturated rings. The SMILES string of the molecule is CC(C)[C@H](NC(=O)[C@H](Cc1ccc2ccccc2c1)CS(=O)(=O)C(C)(C)C)C(=O)NCP(=O)(CNC(=O)[C@@H](NC(=O)[C@H](Cc1cccc2ccccc12)CS(=O)(=O)C(C)(C)C)C(C)C)NN. The Hall–Kier alpha value is -4.67. The van der Waals surface area contributed by atoms with E-state index in [0.717, 1.165) is 32.7 Å². The fourth-order valence-electron chi connectivity index (χ4n) is 7.26. The molecule has 0 saturated carbocycles. The van der Waals surface area contributed by atoms with E-state index < -0.39 is 120 Å². The van der Waals surface area contributed by atoms with Crippen molar-refractivity contribution in [3.8, 4) is 0 Å². The number of fused-ring (bicyclic) bond motifs is 2. The first-order chi connectivity index (χ1) is 30.6. The quantitative estimate of drug-likeness (QED) is 0.0341. The molecule has 5 atom stereocenters. The summed E-state index contributed by atoms with van der Waals surface area (Å²) in [6.07, 6.45) is -0.920. The topological polar surface area (TPSA) is 240 Å². The summed E-state index contributed by atoms with van der Waals surface area (Å²) in [5.41, 5.74) is 1.52. The van der Waals surface area contributed by atoms with Gasteiger partial charge < -0.3 is 25.8 Å². The van der Waals surface area contributed by atoms with Crippen molar-refractivity contribution in [3.05, 3.63) is 96.1 Å². The molecule has 0 aromatic heterocycles. The Labute approximate surface area is 390 Å². The van der Waals surface area contributed by atoms with Crippen molar-refractivity contribution in [3.63, 3.8) is 0 Å². The highest BCUT2D eigenvalue weighted by Gasteiger charge is 2.39. The number of carbonyl (C=O) groups excluding carboxylic acids is 4. The van der Waals surface area contributed by atoms with E-state index >= 15 is 0 Å². The number of hydrazine groups is 1. The van der Waals surface area contributed by atoms with Gasteiger partial charge in [-0.05, 0) is 98.9 Å². The van der Waals surface area contributed by atoms with E-state index in [9.17, 15) is 40.6 Å². The van der Waals surface area contributed by atoms with Gasteiger partial charge >= 0.3 is 0 Å². The van der Waals surface area contributed by atoms with Gasteiger partial charge in [-0.3, -0.25) is 25.0 Å². The average molecular weight is 969 g/mol. The zero-order valence-electron chi connectivity index (χ0n) is 39.8. The lowest BCUT2D eigenvalue weighted by Crippen LogP contribution is -2.54. The number of rotatable bonds is 21. The van der Waals surface area contributed by atoms with E-state index in [1.54, 1.807) is 69.2 Å². The van der Waals surface area contributed by atoms with Gasteiger partial charge in [0.2, 0.25) is 23.6 Å². The standard InChI is InChI=1S/C48H69N6O9PS2/c1-31(2)41(52-43(55)38(27-65(60,61)47(5,6)7)25-33-22-23-34-16-11-12-18-36(34)24-33)45(57)50-29-64(59,54-49)30-51-46(58)42(32(3)4)53-44(56)39(28-66(62,63)48(8,9)10)26-37-20-15-19-35-17-13-14-21-40(35)37/h11-24,31-32,38-39,41-42H,25-30,49H2,1-10H3,(H,50,57)(H,51,58)(H,52,55)(H,53,56)(H,54,59)/t38-,39-,41+,42+,64?/m1/s1. The van der Waals surface area contributed by atoms with E-state index in [0.29, 0.717) is 0 Å². The van der Waals surface area contributed by atoms with Crippen LogP contribution < -0.4 is 32.3 Å². The molecule has 4 amide bonds. The fraction of sp³-hybridized carbons (Fsp3) is 0.500. The molecule has 0 aliphatic carbocycles. The molecule has 15 nitrogen and oxygen atoms in total. The van der Waals surface area contributed by atoms with Gasteiger partial charge in [0.05, 0.1) is 45.4 Å². The normalized spacial score (nSPS) is 15.4. The maximum Gasteiger partial charge on any atom is 0.243 e. The minimum absolute atomic E-state index is 0.0832. The number of hydrogen-bond donors (Lipinski definition) is 6. The number of sulfone groups is 2. The van der Waals surface area contributed by atoms with Gasteiger partial charge in [-0.1, -0.05) is 113 Å². The molecule has 18 heteroatoms. The van der Waals surface area contributed by atoms with Gasteiger partial charge in [0.1, 0.15) is 12.1 Å². The van der Waals surface area contributed by atoms with Crippen LogP contribution in [0.1, 0.15) is 80.4 Å². The first-order valence-corrected chi connectivity index (χ1v) is 27.6. The van der Waals surface area contributed by atoms with Crippen LogP contribution in [0.5, 0.6) is 0 Å². The molecule has 4 aromatic carbocycles. The third kappa shape index (κ3) is 14.2.